The lowest BCUT2D eigenvalue weighted by molar-refractivity contribution is -0.0288. The zero-order valence-electron chi connectivity index (χ0n) is 14.6. The lowest BCUT2D eigenvalue weighted by Gasteiger charge is -2.44. The zero-order valence-corrected chi connectivity index (χ0v) is 15.4. The van der Waals surface area contributed by atoms with E-state index in [-0.39, 0.29) is 29.5 Å². The molecule has 2 aromatic rings. The van der Waals surface area contributed by atoms with Gasteiger partial charge >= 0.3 is 0 Å². The van der Waals surface area contributed by atoms with Gasteiger partial charge in [0.15, 0.2) is 0 Å². The topological polar surface area (TPSA) is 54.4 Å². The van der Waals surface area contributed by atoms with Gasteiger partial charge in [0.05, 0.1) is 24.5 Å². The maximum atomic E-state index is 14.1. The van der Waals surface area contributed by atoms with Crippen molar-refractivity contribution in [1.82, 2.24) is 10.3 Å². The minimum Gasteiger partial charge on any atom is -0.396 e. The molecule has 1 atom stereocenters. The van der Waals surface area contributed by atoms with Crippen LogP contribution in [0.3, 0.4) is 0 Å². The Kier molecular flexibility index (Phi) is 3.94. The minimum atomic E-state index is -0.212. The van der Waals surface area contributed by atoms with Crippen LogP contribution in [0.25, 0.3) is 10.6 Å². The number of ether oxygens (including phenoxy) is 1. The van der Waals surface area contributed by atoms with Crippen LogP contribution in [0.5, 0.6) is 0 Å². The zero-order chi connectivity index (χ0) is 17.8. The fraction of sp³-hybridized carbons (Fsp3) is 0.550. The van der Waals surface area contributed by atoms with E-state index in [1.54, 1.807) is 23.5 Å². The quantitative estimate of drug-likeness (QED) is 0.842. The van der Waals surface area contributed by atoms with Crippen molar-refractivity contribution < 1.29 is 14.2 Å². The van der Waals surface area contributed by atoms with Gasteiger partial charge in [-0.1, -0.05) is 12.1 Å². The number of aliphatic hydroxyl groups is 1. The predicted molar refractivity (Wildman–Crippen MR) is 98.6 cm³/mol. The van der Waals surface area contributed by atoms with Gasteiger partial charge in [-0.3, -0.25) is 0 Å². The number of nitrogens with one attached hydrogen (secondary N) is 1. The SMILES string of the molecule is OCC12COC(CNC3CCCc4nc(-c5ccccc5F)sc43)(C1)C2. The van der Waals surface area contributed by atoms with Gasteiger partial charge in [-0.25, -0.2) is 9.37 Å². The van der Waals surface area contributed by atoms with Crippen LogP contribution in [0.4, 0.5) is 4.39 Å². The molecule has 138 valence electrons. The number of aryl methyl sites for hydroxylation is 1. The number of hydrogen-bond acceptors (Lipinski definition) is 5. The lowest BCUT2D eigenvalue weighted by Crippen LogP contribution is -2.52. The molecule has 1 saturated carbocycles. The Morgan fingerprint density at radius 2 is 2.19 bits per heavy atom. The molecule has 1 aromatic heterocycles. The van der Waals surface area contributed by atoms with Crippen molar-refractivity contribution in [2.24, 2.45) is 5.41 Å². The number of thiazole rings is 1. The average Bonchev–Trinajstić information content (AvgIpc) is 3.31. The van der Waals surface area contributed by atoms with Crippen LogP contribution >= 0.6 is 11.3 Å². The first-order chi connectivity index (χ1) is 12.6. The van der Waals surface area contributed by atoms with Gasteiger partial charge in [0, 0.05) is 28.4 Å². The van der Waals surface area contributed by atoms with Crippen molar-refractivity contribution in [3.63, 3.8) is 0 Å². The molecule has 3 fully saturated rings. The molecule has 6 heteroatoms. The molecular weight excluding hydrogens is 351 g/mol. The smallest absolute Gasteiger partial charge is 0.133 e. The summed E-state index contributed by atoms with van der Waals surface area (Å²) in [5.41, 5.74) is 1.62. The van der Waals surface area contributed by atoms with E-state index < -0.39 is 0 Å². The van der Waals surface area contributed by atoms with Crippen molar-refractivity contribution in [3.05, 3.63) is 40.7 Å². The first kappa shape index (κ1) is 16.8. The standard InChI is InChI=1S/C20H23FN2O2S/c21-14-5-2-1-4-13(14)18-23-16-7-3-6-15(17(16)26-18)22-10-20-8-19(9-20,11-24)12-25-20/h1-2,4-5,15,22,24H,3,6-12H2. The van der Waals surface area contributed by atoms with E-state index in [1.807, 2.05) is 6.07 Å². The second kappa shape index (κ2) is 6.09. The molecule has 0 spiro atoms. The maximum absolute atomic E-state index is 14.1. The van der Waals surface area contributed by atoms with Gasteiger partial charge in [0.1, 0.15) is 10.8 Å². The van der Waals surface area contributed by atoms with E-state index in [9.17, 15) is 9.50 Å². The van der Waals surface area contributed by atoms with Crippen molar-refractivity contribution >= 4 is 11.3 Å². The summed E-state index contributed by atoms with van der Waals surface area (Å²) >= 11 is 1.61. The average molecular weight is 374 g/mol. The summed E-state index contributed by atoms with van der Waals surface area (Å²) in [6, 6.07) is 7.12. The van der Waals surface area contributed by atoms with E-state index >= 15 is 0 Å². The summed E-state index contributed by atoms with van der Waals surface area (Å²) in [6.07, 6.45) is 5.04. The first-order valence-corrected chi connectivity index (χ1v) is 10.2. The van der Waals surface area contributed by atoms with Crippen molar-refractivity contribution in [3.8, 4) is 10.6 Å². The van der Waals surface area contributed by atoms with E-state index in [0.29, 0.717) is 12.2 Å². The molecule has 0 radical (unpaired) electrons. The number of halogens is 1. The number of aromatic nitrogens is 1. The van der Waals surface area contributed by atoms with Crippen LogP contribution in [0.1, 0.15) is 42.3 Å². The highest BCUT2D eigenvalue weighted by Gasteiger charge is 2.61. The second-order valence-corrected chi connectivity index (χ2v) is 9.15. The van der Waals surface area contributed by atoms with Gasteiger partial charge in [0.25, 0.3) is 0 Å². The summed E-state index contributed by atoms with van der Waals surface area (Å²) in [6.45, 7) is 1.72. The molecule has 26 heavy (non-hydrogen) atoms. The van der Waals surface area contributed by atoms with E-state index in [2.05, 4.69) is 5.32 Å². The molecule has 1 unspecified atom stereocenters. The summed E-state index contributed by atoms with van der Waals surface area (Å²) in [5, 5.41) is 14.0. The van der Waals surface area contributed by atoms with Crippen molar-refractivity contribution in [1.29, 1.82) is 0 Å². The number of aliphatic hydroxyl groups excluding tert-OH is 1. The van der Waals surface area contributed by atoms with E-state index in [0.717, 1.165) is 49.4 Å². The van der Waals surface area contributed by atoms with E-state index in [4.69, 9.17) is 9.72 Å². The van der Waals surface area contributed by atoms with Gasteiger partial charge in [0.2, 0.25) is 0 Å². The predicted octanol–water partition coefficient (Wildman–Crippen LogP) is 3.46. The van der Waals surface area contributed by atoms with Crippen LogP contribution in [0, 0.1) is 11.2 Å². The fourth-order valence-corrected chi connectivity index (χ4v) is 6.08. The molecule has 4 nitrogen and oxygen atoms in total. The molecule has 2 aliphatic heterocycles. The van der Waals surface area contributed by atoms with E-state index in [1.165, 1.54) is 10.9 Å². The normalized spacial score (nSPS) is 32.3. The molecular formula is C20H23FN2O2S. The molecule has 2 bridgehead atoms. The van der Waals surface area contributed by atoms with Crippen molar-refractivity contribution in [2.75, 3.05) is 19.8 Å². The first-order valence-electron chi connectivity index (χ1n) is 9.35. The molecule has 1 aromatic carbocycles. The second-order valence-electron chi connectivity index (χ2n) is 8.12. The van der Waals surface area contributed by atoms with Crippen LogP contribution in [-0.4, -0.2) is 35.5 Å². The Morgan fingerprint density at radius 1 is 1.35 bits per heavy atom. The third-order valence-corrected chi connectivity index (χ3v) is 7.38. The number of nitrogens with zero attached hydrogens (tertiary/aromatic N) is 1. The van der Waals surface area contributed by atoms with Gasteiger partial charge in [-0.15, -0.1) is 11.3 Å². The molecule has 2 aliphatic carbocycles. The van der Waals surface area contributed by atoms with Crippen LogP contribution < -0.4 is 5.32 Å². The monoisotopic (exact) mass is 374 g/mol. The largest absolute Gasteiger partial charge is 0.396 e. The number of benzene rings is 1. The van der Waals surface area contributed by atoms with Gasteiger partial charge in [-0.05, 0) is 44.2 Å². The highest BCUT2D eigenvalue weighted by atomic mass is 32.1. The van der Waals surface area contributed by atoms with Gasteiger partial charge in [-0.2, -0.15) is 0 Å². The van der Waals surface area contributed by atoms with Crippen LogP contribution in [0.2, 0.25) is 0 Å². The fourth-order valence-electron chi connectivity index (χ4n) is 4.83. The highest BCUT2D eigenvalue weighted by Crippen LogP contribution is 2.57. The number of rotatable bonds is 5. The number of hydrogen-bond donors (Lipinski definition) is 2. The number of fused-ring (bicyclic) bond motifs is 2. The molecule has 4 aliphatic rings. The molecule has 2 N–H and O–H groups in total. The summed E-state index contributed by atoms with van der Waals surface area (Å²) in [4.78, 5) is 5.98. The summed E-state index contributed by atoms with van der Waals surface area (Å²) in [5.74, 6) is -0.212. The Balaban J connectivity index is 1.33. The third kappa shape index (κ3) is 2.62. The van der Waals surface area contributed by atoms with Crippen LogP contribution in [0.15, 0.2) is 24.3 Å². The summed E-state index contributed by atoms with van der Waals surface area (Å²) < 4.78 is 20.1. The van der Waals surface area contributed by atoms with Gasteiger partial charge < -0.3 is 15.2 Å². The lowest BCUT2D eigenvalue weighted by atomic mass is 9.63. The maximum Gasteiger partial charge on any atom is 0.133 e. The molecule has 6 rings (SSSR count). The Morgan fingerprint density at radius 3 is 2.96 bits per heavy atom. The molecule has 3 heterocycles. The van der Waals surface area contributed by atoms with Crippen molar-refractivity contribution in [2.45, 2.75) is 43.7 Å². The minimum absolute atomic E-state index is 0.0158. The Labute approximate surface area is 156 Å². The molecule has 2 saturated heterocycles. The highest BCUT2D eigenvalue weighted by molar-refractivity contribution is 7.15. The Bertz CT molecular complexity index is 831. The molecule has 0 amide bonds. The van der Waals surface area contributed by atoms with Crippen LogP contribution in [-0.2, 0) is 11.2 Å². The Hall–Kier alpha value is -1.34. The third-order valence-electron chi connectivity index (χ3n) is 6.14. The summed E-state index contributed by atoms with van der Waals surface area (Å²) in [7, 11) is 0.